The first-order valence-electron chi connectivity index (χ1n) is 4.63. The monoisotopic (exact) mass is 226 g/mol. The van der Waals surface area contributed by atoms with E-state index >= 15 is 0 Å². The number of rotatable bonds is 6. The Morgan fingerprint density at radius 1 is 1.31 bits per heavy atom. The lowest BCUT2D eigenvalue weighted by atomic mass is 10.1. The summed E-state index contributed by atoms with van der Waals surface area (Å²) in [5.41, 5.74) is 0. The van der Waals surface area contributed by atoms with Crippen LogP contribution in [0.15, 0.2) is 0 Å². The van der Waals surface area contributed by atoms with Gasteiger partial charge in [0.15, 0.2) is 0 Å². The second-order valence-corrected chi connectivity index (χ2v) is 6.88. The van der Waals surface area contributed by atoms with Gasteiger partial charge in [0, 0.05) is 17.4 Å². The number of sulfone groups is 1. The molecule has 0 aliphatic rings. The van der Waals surface area contributed by atoms with E-state index in [0.29, 0.717) is 12.3 Å². The van der Waals surface area contributed by atoms with Crippen LogP contribution in [0.25, 0.3) is 0 Å². The van der Waals surface area contributed by atoms with Crippen molar-refractivity contribution in [3.8, 4) is 0 Å². The minimum Gasteiger partial charge on any atom is -0.229 e. The Bertz CT molecular complexity index is 222. The van der Waals surface area contributed by atoms with Crippen LogP contribution in [0.4, 0.5) is 0 Å². The fraction of sp³-hybridized carbons (Fsp3) is 1.00. The highest BCUT2D eigenvalue weighted by atomic mass is 35.5. The van der Waals surface area contributed by atoms with Gasteiger partial charge in [-0.25, -0.2) is 8.42 Å². The van der Waals surface area contributed by atoms with Crippen molar-refractivity contribution in [2.45, 2.75) is 38.5 Å². The van der Waals surface area contributed by atoms with Crippen LogP contribution in [0.2, 0.25) is 0 Å². The molecule has 0 N–H and O–H groups in total. The number of alkyl halides is 1. The van der Waals surface area contributed by atoms with E-state index in [9.17, 15) is 8.42 Å². The average Bonchev–Trinajstić information content (AvgIpc) is 1.81. The first-order chi connectivity index (χ1) is 5.81. The molecule has 0 aromatic heterocycles. The molecule has 1 atom stereocenters. The molecule has 0 saturated heterocycles. The molecule has 0 aromatic carbocycles. The highest BCUT2D eigenvalue weighted by molar-refractivity contribution is 7.90. The maximum absolute atomic E-state index is 10.8. The van der Waals surface area contributed by atoms with E-state index in [2.05, 4.69) is 13.8 Å². The van der Waals surface area contributed by atoms with Crippen LogP contribution >= 0.6 is 11.6 Å². The van der Waals surface area contributed by atoms with Gasteiger partial charge in [-0.3, -0.25) is 0 Å². The van der Waals surface area contributed by atoms with Gasteiger partial charge in [0.05, 0.1) is 0 Å². The van der Waals surface area contributed by atoms with Gasteiger partial charge in [0.1, 0.15) is 9.84 Å². The lowest BCUT2D eigenvalue weighted by Gasteiger charge is -2.10. The van der Waals surface area contributed by atoms with Gasteiger partial charge in [-0.2, -0.15) is 0 Å². The van der Waals surface area contributed by atoms with Crippen molar-refractivity contribution in [3.05, 3.63) is 0 Å². The second kappa shape index (κ2) is 5.86. The maximum atomic E-state index is 10.8. The van der Waals surface area contributed by atoms with E-state index in [1.54, 1.807) is 0 Å². The summed E-state index contributed by atoms with van der Waals surface area (Å²) < 4.78 is 21.6. The van der Waals surface area contributed by atoms with Crippen molar-refractivity contribution >= 4 is 21.4 Å². The molecule has 1 unspecified atom stereocenters. The van der Waals surface area contributed by atoms with Crippen molar-refractivity contribution in [2.75, 3.05) is 12.0 Å². The zero-order valence-corrected chi connectivity index (χ0v) is 10.2. The fourth-order valence-corrected chi connectivity index (χ4v) is 2.40. The molecule has 0 amide bonds. The molecule has 0 aliphatic carbocycles. The van der Waals surface area contributed by atoms with Gasteiger partial charge in [0.2, 0.25) is 0 Å². The van der Waals surface area contributed by atoms with E-state index in [0.717, 1.165) is 12.8 Å². The van der Waals surface area contributed by atoms with Gasteiger partial charge in [0.25, 0.3) is 0 Å². The van der Waals surface area contributed by atoms with Gasteiger partial charge in [-0.1, -0.05) is 13.8 Å². The molecule has 0 bridgehead atoms. The van der Waals surface area contributed by atoms with E-state index in [1.807, 2.05) is 0 Å². The Kier molecular flexibility index (Phi) is 5.97. The molecule has 80 valence electrons. The molecular formula is C9H19ClO2S. The Balaban J connectivity index is 3.54. The van der Waals surface area contributed by atoms with Crippen LogP contribution in [0.1, 0.15) is 33.1 Å². The van der Waals surface area contributed by atoms with Crippen LogP contribution in [0, 0.1) is 5.92 Å². The normalized spacial score (nSPS) is 14.8. The number of halogens is 1. The van der Waals surface area contributed by atoms with Crippen LogP contribution in [0.5, 0.6) is 0 Å². The third-order valence-electron chi connectivity index (χ3n) is 1.76. The summed E-state index contributed by atoms with van der Waals surface area (Å²) in [5.74, 6) is 0.842. The highest BCUT2D eigenvalue weighted by Crippen LogP contribution is 2.15. The van der Waals surface area contributed by atoms with E-state index in [-0.39, 0.29) is 11.1 Å². The first-order valence-corrected chi connectivity index (χ1v) is 7.12. The van der Waals surface area contributed by atoms with Crippen molar-refractivity contribution < 1.29 is 8.42 Å². The van der Waals surface area contributed by atoms with Crippen molar-refractivity contribution in [1.29, 1.82) is 0 Å². The van der Waals surface area contributed by atoms with Crippen LogP contribution in [-0.4, -0.2) is 25.8 Å². The summed E-state index contributed by atoms with van der Waals surface area (Å²) in [6, 6.07) is 0. The van der Waals surface area contributed by atoms with Crippen molar-refractivity contribution in [3.63, 3.8) is 0 Å². The van der Waals surface area contributed by atoms with Gasteiger partial charge in [-0.15, -0.1) is 11.6 Å². The summed E-state index contributed by atoms with van der Waals surface area (Å²) in [4.78, 5) is 0. The summed E-state index contributed by atoms with van der Waals surface area (Å²) in [6.45, 7) is 4.23. The lowest BCUT2D eigenvalue weighted by Crippen LogP contribution is -2.08. The standard InChI is InChI=1S/C9H19ClO2S/c1-8(2)7-9(10)5-4-6-13(3,11)12/h8-9H,4-7H2,1-3H3. The third-order valence-corrected chi connectivity index (χ3v) is 3.19. The topological polar surface area (TPSA) is 34.1 Å². The molecule has 0 saturated carbocycles. The average molecular weight is 227 g/mol. The molecule has 0 spiro atoms. The highest BCUT2D eigenvalue weighted by Gasteiger charge is 2.09. The largest absolute Gasteiger partial charge is 0.229 e. The SMILES string of the molecule is CC(C)CC(Cl)CCCS(C)(=O)=O. The predicted octanol–water partition coefficient (Wildman–Crippen LogP) is 2.46. The summed E-state index contributed by atoms with van der Waals surface area (Å²) in [7, 11) is -2.81. The lowest BCUT2D eigenvalue weighted by molar-refractivity contribution is 0.538. The summed E-state index contributed by atoms with van der Waals surface area (Å²) in [5, 5.41) is 0.127. The summed E-state index contributed by atoms with van der Waals surface area (Å²) in [6.07, 6.45) is 3.70. The Morgan fingerprint density at radius 2 is 1.85 bits per heavy atom. The molecule has 0 aromatic rings. The van der Waals surface area contributed by atoms with Gasteiger partial charge in [-0.05, 0) is 25.2 Å². The Hall–Kier alpha value is 0.240. The van der Waals surface area contributed by atoms with Crippen molar-refractivity contribution in [2.24, 2.45) is 5.92 Å². The van der Waals surface area contributed by atoms with Crippen molar-refractivity contribution in [1.82, 2.24) is 0 Å². The zero-order valence-electron chi connectivity index (χ0n) is 8.59. The molecule has 2 nitrogen and oxygen atoms in total. The summed E-state index contributed by atoms with van der Waals surface area (Å²) >= 11 is 6.01. The van der Waals surface area contributed by atoms with E-state index < -0.39 is 9.84 Å². The molecule has 0 rings (SSSR count). The molecule has 13 heavy (non-hydrogen) atoms. The fourth-order valence-electron chi connectivity index (χ4n) is 1.20. The smallest absolute Gasteiger partial charge is 0.147 e. The van der Waals surface area contributed by atoms with Crippen LogP contribution < -0.4 is 0 Å². The molecule has 0 aliphatic heterocycles. The second-order valence-electron chi connectivity index (χ2n) is 4.00. The minimum absolute atomic E-state index is 0.127. The molecule has 0 fully saturated rings. The third kappa shape index (κ3) is 10.2. The number of hydrogen-bond acceptors (Lipinski definition) is 2. The van der Waals surface area contributed by atoms with Crippen LogP contribution in [-0.2, 0) is 9.84 Å². The minimum atomic E-state index is -2.81. The van der Waals surface area contributed by atoms with Crippen LogP contribution in [0.3, 0.4) is 0 Å². The van der Waals surface area contributed by atoms with E-state index in [1.165, 1.54) is 6.26 Å². The molecule has 0 radical (unpaired) electrons. The molecule has 4 heteroatoms. The molecule has 0 heterocycles. The van der Waals surface area contributed by atoms with Gasteiger partial charge < -0.3 is 0 Å². The quantitative estimate of drug-likeness (QED) is 0.652. The van der Waals surface area contributed by atoms with E-state index in [4.69, 9.17) is 11.6 Å². The molecular weight excluding hydrogens is 208 g/mol. The Labute approximate surface area is 86.6 Å². The van der Waals surface area contributed by atoms with Gasteiger partial charge >= 0.3 is 0 Å². The predicted molar refractivity (Wildman–Crippen MR) is 58.0 cm³/mol. The zero-order chi connectivity index (χ0) is 10.5. The Morgan fingerprint density at radius 3 is 2.23 bits per heavy atom. The maximum Gasteiger partial charge on any atom is 0.147 e. The number of hydrogen-bond donors (Lipinski definition) is 0. The first kappa shape index (κ1) is 13.2.